The number of benzene rings is 2. The fourth-order valence-electron chi connectivity index (χ4n) is 2.56. The number of ether oxygens (including phenoxy) is 1. The largest absolute Gasteiger partial charge is 0.497 e. The van der Waals surface area contributed by atoms with E-state index in [1.54, 1.807) is 38.3 Å². The van der Waals surface area contributed by atoms with Crippen LogP contribution in [0.4, 0.5) is 15.8 Å². The van der Waals surface area contributed by atoms with Crippen LogP contribution in [0.15, 0.2) is 47.6 Å². The van der Waals surface area contributed by atoms with Gasteiger partial charge < -0.3 is 10.1 Å². The van der Waals surface area contributed by atoms with Crippen LogP contribution in [0.3, 0.4) is 0 Å². The summed E-state index contributed by atoms with van der Waals surface area (Å²) in [5, 5.41) is 7.81. The fourth-order valence-corrected chi connectivity index (χ4v) is 2.74. The van der Waals surface area contributed by atoms with Crippen molar-refractivity contribution < 1.29 is 18.7 Å². The number of carbonyl (C=O) groups excluding carboxylic acids is 2. The quantitative estimate of drug-likeness (QED) is 0.832. The van der Waals surface area contributed by atoms with Crippen LogP contribution in [0.5, 0.6) is 5.75 Å². The molecule has 1 heterocycles. The minimum Gasteiger partial charge on any atom is -0.497 e. The lowest BCUT2D eigenvalue weighted by atomic mass is 10.0. The highest BCUT2D eigenvalue weighted by atomic mass is 35.5. The van der Waals surface area contributed by atoms with E-state index >= 15 is 0 Å². The van der Waals surface area contributed by atoms with Crippen LogP contribution in [0, 0.1) is 11.7 Å². The minimum absolute atomic E-state index is 0.120. The van der Waals surface area contributed by atoms with E-state index in [0.29, 0.717) is 22.8 Å². The summed E-state index contributed by atoms with van der Waals surface area (Å²) in [4.78, 5) is 25.2. The Balaban J connectivity index is 1.78. The van der Waals surface area contributed by atoms with Gasteiger partial charge in [0, 0.05) is 5.69 Å². The van der Waals surface area contributed by atoms with Crippen LogP contribution >= 0.6 is 11.6 Å². The zero-order chi connectivity index (χ0) is 18.8. The highest BCUT2D eigenvalue weighted by molar-refractivity contribution is 6.31. The Labute approximate surface area is 154 Å². The number of methoxy groups -OCH3 is 1. The summed E-state index contributed by atoms with van der Waals surface area (Å²) in [6.07, 6.45) is 0. The molecule has 0 saturated heterocycles. The third-order valence-corrected chi connectivity index (χ3v) is 4.19. The van der Waals surface area contributed by atoms with Gasteiger partial charge in [0.15, 0.2) is 5.92 Å². The van der Waals surface area contributed by atoms with Gasteiger partial charge in [-0.1, -0.05) is 11.6 Å². The van der Waals surface area contributed by atoms with Gasteiger partial charge >= 0.3 is 0 Å². The summed E-state index contributed by atoms with van der Waals surface area (Å²) in [6, 6.07) is 10.5. The van der Waals surface area contributed by atoms with Gasteiger partial charge in [0.1, 0.15) is 11.6 Å². The number of hydrogen-bond donors (Lipinski definition) is 1. The first-order chi connectivity index (χ1) is 12.4. The Morgan fingerprint density at radius 3 is 2.58 bits per heavy atom. The number of nitrogens with one attached hydrogen (secondary N) is 1. The van der Waals surface area contributed by atoms with E-state index in [-0.39, 0.29) is 5.02 Å². The first-order valence-electron chi connectivity index (χ1n) is 7.69. The van der Waals surface area contributed by atoms with Crippen LogP contribution in [0.2, 0.25) is 5.02 Å². The number of nitrogens with zero attached hydrogens (tertiary/aromatic N) is 2. The Morgan fingerprint density at radius 2 is 1.96 bits per heavy atom. The molecule has 8 heteroatoms. The molecule has 1 aliphatic rings. The maximum absolute atomic E-state index is 13.2. The van der Waals surface area contributed by atoms with E-state index in [2.05, 4.69) is 10.4 Å². The van der Waals surface area contributed by atoms with Gasteiger partial charge in [-0.25, -0.2) is 4.39 Å². The number of halogens is 2. The van der Waals surface area contributed by atoms with Crippen molar-refractivity contribution in [3.63, 3.8) is 0 Å². The molecule has 0 saturated carbocycles. The predicted octanol–water partition coefficient (Wildman–Crippen LogP) is 3.47. The van der Waals surface area contributed by atoms with Gasteiger partial charge in [-0.05, 0) is 49.4 Å². The molecule has 134 valence electrons. The standard InChI is InChI=1S/C18H15ClFN3O3/c1-10-16(17(24)21-11-3-8-15(20)14(19)9-11)18(25)23(22-10)12-4-6-13(26-2)7-5-12/h3-9,16H,1-2H3,(H,21,24). The second-order valence-corrected chi connectivity index (χ2v) is 6.05. The Kier molecular flexibility index (Phi) is 4.90. The lowest BCUT2D eigenvalue weighted by Crippen LogP contribution is -2.36. The maximum atomic E-state index is 13.2. The Morgan fingerprint density at radius 1 is 1.27 bits per heavy atom. The van der Waals surface area contributed by atoms with Crippen molar-refractivity contribution in [2.24, 2.45) is 11.0 Å². The molecule has 0 bridgehead atoms. The normalized spacial score (nSPS) is 16.5. The van der Waals surface area contributed by atoms with Crippen molar-refractivity contribution in [3.8, 4) is 5.75 Å². The molecule has 1 aliphatic heterocycles. The molecule has 2 aromatic rings. The zero-order valence-corrected chi connectivity index (χ0v) is 14.7. The van der Waals surface area contributed by atoms with Gasteiger partial charge in [0.05, 0.1) is 23.5 Å². The summed E-state index contributed by atoms with van der Waals surface area (Å²) < 4.78 is 18.3. The Bertz CT molecular complexity index is 899. The first kappa shape index (κ1) is 17.9. The number of anilines is 2. The lowest BCUT2D eigenvalue weighted by molar-refractivity contribution is -0.127. The van der Waals surface area contributed by atoms with E-state index in [9.17, 15) is 14.0 Å². The van der Waals surface area contributed by atoms with Crippen LogP contribution in [-0.4, -0.2) is 24.6 Å². The van der Waals surface area contributed by atoms with E-state index in [4.69, 9.17) is 16.3 Å². The molecule has 0 spiro atoms. The monoisotopic (exact) mass is 375 g/mol. The second-order valence-electron chi connectivity index (χ2n) is 5.64. The molecular formula is C18H15ClFN3O3. The number of rotatable bonds is 4. The topological polar surface area (TPSA) is 71.0 Å². The third-order valence-electron chi connectivity index (χ3n) is 3.90. The van der Waals surface area contributed by atoms with Crippen LogP contribution in [0.1, 0.15) is 6.92 Å². The molecule has 2 amide bonds. The molecule has 0 aromatic heterocycles. The molecule has 6 nitrogen and oxygen atoms in total. The number of hydrazone groups is 1. The number of hydrogen-bond acceptors (Lipinski definition) is 4. The molecule has 0 aliphatic carbocycles. The van der Waals surface area contributed by atoms with Crippen molar-refractivity contribution >= 4 is 40.5 Å². The van der Waals surface area contributed by atoms with Crippen molar-refractivity contribution in [2.75, 3.05) is 17.4 Å². The molecule has 26 heavy (non-hydrogen) atoms. The minimum atomic E-state index is -1.07. The van der Waals surface area contributed by atoms with Crippen molar-refractivity contribution in [2.45, 2.75) is 6.92 Å². The van der Waals surface area contributed by atoms with Crippen LogP contribution < -0.4 is 15.1 Å². The molecule has 0 radical (unpaired) electrons. The van der Waals surface area contributed by atoms with Gasteiger partial charge in [-0.3, -0.25) is 9.59 Å². The summed E-state index contributed by atoms with van der Waals surface area (Å²) in [5.74, 6) is -2.05. The highest BCUT2D eigenvalue weighted by Crippen LogP contribution is 2.27. The van der Waals surface area contributed by atoms with Crippen molar-refractivity contribution in [1.29, 1.82) is 0 Å². The summed E-state index contributed by atoms with van der Waals surface area (Å²) in [5.41, 5.74) is 1.18. The number of carbonyl (C=O) groups is 2. The van der Waals surface area contributed by atoms with Gasteiger partial charge in [0.2, 0.25) is 5.91 Å². The molecule has 1 N–H and O–H groups in total. The van der Waals surface area contributed by atoms with Gasteiger partial charge in [-0.15, -0.1) is 0 Å². The summed E-state index contributed by atoms with van der Waals surface area (Å²) in [6.45, 7) is 1.60. The molecule has 3 rings (SSSR count). The fraction of sp³-hybridized carbons (Fsp3) is 0.167. The number of amides is 2. The molecule has 1 unspecified atom stereocenters. The molecule has 2 aromatic carbocycles. The maximum Gasteiger partial charge on any atom is 0.265 e. The SMILES string of the molecule is COc1ccc(N2N=C(C)C(C(=O)Nc3ccc(F)c(Cl)c3)C2=O)cc1. The van der Waals surface area contributed by atoms with Crippen molar-refractivity contribution in [1.82, 2.24) is 0 Å². The van der Waals surface area contributed by atoms with Crippen LogP contribution in [0.25, 0.3) is 0 Å². The van der Waals surface area contributed by atoms with E-state index in [1.165, 1.54) is 17.1 Å². The first-order valence-corrected chi connectivity index (χ1v) is 8.07. The Hall–Kier alpha value is -2.93. The zero-order valence-electron chi connectivity index (χ0n) is 14.0. The average Bonchev–Trinajstić information content (AvgIpc) is 2.92. The van der Waals surface area contributed by atoms with E-state index < -0.39 is 23.5 Å². The molecule has 1 atom stereocenters. The van der Waals surface area contributed by atoms with Gasteiger partial charge in [0.25, 0.3) is 5.91 Å². The van der Waals surface area contributed by atoms with E-state index in [0.717, 1.165) is 6.07 Å². The third kappa shape index (κ3) is 3.39. The summed E-state index contributed by atoms with van der Waals surface area (Å²) in [7, 11) is 1.54. The average molecular weight is 376 g/mol. The lowest BCUT2D eigenvalue weighted by Gasteiger charge is -2.15. The van der Waals surface area contributed by atoms with Crippen molar-refractivity contribution in [3.05, 3.63) is 53.3 Å². The molecular weight excluding hydrogens is 361 g/mol. The molecule has 0 fully saturated rings. The summed E-state index contributed by atoms with van der Waals surface area (Å²) >= 11 is 5.71. The van der Waals surface area contributed by atoms with Gasteiger partial charge in [-0.2, -0.15) is 10.1 Å². The van der Waals surface area contributed by atoms with Crippen LogP contribution in [-0.2, 0) is 9.59 Å². The second kappa shape index (κ2) is 7.13. The van der Waals surface area contributed by atoms with E-state index in [1.807, 2.05) is 0 Å². The smallest absolute Gasteiger partial charge is 0.265 e. The predicted molar refractivity (Wildman–Crippen MR) is 97.1 cm³/mol. The highest BCUT2D eigenvalue weighted by Gasteiger charge is 2.39.